The molecule has 0 spiro atoms. The van der Waals surface area contributed by atoms with E-state index in [0.717, 1.165) is 12.1 Å². The Labute approximate surface area is 72.6 Å². The molecule has 1 aromatic rings. The van der Waals surface area contributed by atoms with Crippen molar-refractivity contribution in [3.05, 3.63) is 35.6 Å². The maximum Gasteiger partial charge on any atom is 0.126 e. The summed E-state index contributed by atoms with van der Waals surface area (Å²) in [4.78, 5) is 0. The molecule has 0 aromatic heterocycles. The number of hydrogen-bond acceptors (Lipinski definition) is 1. The molecule has 0 fully saturated rings. The van der Waals surface area contributed by atoms with Gasteiger partial charge in [0, 0.05) is 6.54 Å². The standard InChI is InChI=1S/C10H14FN/c1-8(7-12-2)9-5-3-4-6-10(9)11/h3-6,8,12H,7H2,1-2H3. The Morgan fingerprint density at radius 1 is 1.42 bits per heavy atom. The van der Waals surface area contributed by atoms with Crippen molar-refractivity contribution in [2.24, 2.45) is 0 Å². The van der Waals surface area contributed by atoms with Crippen molar-refractivity contribution in [3.63, 3.8) is 0 Å². The first kappa shape index (κ1) is 9.20. The smallest absolute Gasteiger partial charge is 0.126 e. The van der Waals surface area contributed by atoms with Crippen LogP contribution in [0.1, 0.15) is 18.4 Å². The molecule has 0 bridgehead atoms. The van der Waals surface area contributed by atoms with Gasteiger partial charge < -0.3 is 5.32 Å². The lowest BCUT2D eigenvalue weighted by Gasteiger charge is -2.11. The largest absolute Gasteiger partial charge is 0.319 e. The Morgan fingerprint density at radius 3 is 2.67 bits per heavy atom. The van der Waals surface area contributed by atoms with Gasteiger partial charge in [-0.3, -0.25) is 0 Å². The van der Waals surface area contributed by atoms with Gasteiger partial charge in [0.2, 0.25) is 0 Å². The van der Waals surface area contributed by atoms with Crippen LogP contribution in [0.3, 0.4) is 0 Å². The van der Waals surface area contributed by atoms with E-state index < -0.39 is 0 Å². The third kappa shape index (κ3) is 2.05. The summed E-state index contributed by atoms with van der Waals surface area (Å²) in [6.45, 7) is 2.82. The van der Waals surface area contributed by atoms with E-state index in [4.69, 9.17) is 0 Å². The molecule has 0 radical (unpaired) electrons. The average molecular weight is 167 g/mol. The maximum absolute atomic E-state index is 13.1. The summed E-state index contributed by atoms with van der Waals surface area (Å²) < 4.78 is 13.1. The summed E-state index contributed by atoms with van der Waals surface area (Å²) in [6.07, 6.45) is 0. The van der Waals surface area contributed by atoms with Crippen molar-refractivity contribution in [1.29, 1.82) is 0 Å². The first-order valence-corrected chi connectivity index (χ1v) is 4.14. The van der Waals surface area contributed by atoms with Crippen molar-refractivity contribution in [2.45, 2.75) is 12.8 Å². The summed E-state index contributed by atoms with van der Waals surface area (Å²) >= 11 is 0. The Balaban J connectivity index is 2.79. The highest BCUT2D eigenvalue weighted by Crippen LogP contribution is 2.17. The second-order valence-electron chi connectivity index (χ2n) is 2.98. The molecule has 0 saturated heterocycles. The topological polar surface area (TPSA) is 12.0 Å². The number of benzene rings is 1. The SMILES string of the molecule is CNCC(C)c1ccccc1F. The Morgan fingerprint density at radius 2 is 2.08 bits per heavy atom. The van der Waals surface area contributed by atoms with Crippen LogP contribution in [0.25, 0.3) is 0 Å². The molecule has 0 amide bonds. The van der Waals surface area contributed by atoms with E-state index in [-0.39, 0.29) is 11.7 Å². The van der Waals surface area contributed by atoms with Crippen LogP contribution in [0.4, 0.5) is 4.39 Å². The zero-order chi connectivity index (χ0) is 8.97. The fourth-order valence-corrected chi connectivity index (χ4v) is 1.29. The van der Waals surface area contributed by atoms with Gasteiger partial charge in [-0.05, 0) is 24.6 Å². The molecule has 0 saturated carbocycles. The van der Waals surface area contributed by atoms with Crippen molar-refractivity contribution < 1.29 is 4.39 Å². The number of halogens is 1. The molecule has 1 aromatic carbocycles. The molecule has 1 unspecified atom stereocenters. The molecule has 66 valence electrons. The summed E-state index contributed by atoms with van der Waals surface area (Å²) in [6, 6.07) is 6.91. The van der Waals surface area contributed by atoms with E-state index in [1.807, 2.05) is 26.1 Å². The fourth-order valence-electron chi connectivity index (χ4n) is 1.29. The number of likely N-dealkylation sites (N-methyl/N-ethyl adjacent to an activating group) is 1. The summed E-state index contributed by atoms with van der Waals surface area (Å²) in [5, 5.41) is 3.03. The first-order chi connectivity index (χ1) is 5.75. The monoisotopic (exact) mass is 167 g/mol. The van der Waals surface area contributed by atoms with Crippen LogP contribution in [0, 0.1) is 5.82 Å². The Bertz CT molecular complexity index is 247. The van der Waals surface area contributed by atoms with E-state index in [9.17, 15) is 4.39 Å². The van der Waals surface area contributed by atoms with Crippen molar-refractivity contribution in [3.8, 4) is 0 Å². The van der Waals surface area contributed by atoms with Crippen LogP contribution in [0.15, 0.2) is 24.3 Å². The number of rotatable bonds is 3. The van der Waals surface area contributed by atoms with Gasteiger partial charge in [0.05, 0.1) is 0 Å². The minimum absolute atomic E-state index is 0.111. The van der Waals surface area contributed by atoms with E-state index >= 15 is 0 Å². The van der Waals surface area contributed by atoms with Crippen LogP contribution in [0.2, 0.25) is 0 Å². The van der Waals surface area contributed by atoms with Crippen molar-refractivity contribution in [2.75, 3.05) is 13.6 Å². The van der Waals surface area contributed by atoms with E-state index in [0.29, 0.717) is 0 Å². The highest BCUT2D eigenvalue weighted by molar-refractivity contribution is 5.21. The van der Waals surface area contributed by atoms with Gasteiger partial charge in [-0.1, -0.05) is 25.1 Å². The number of nitrogens with one attached hydrogen (secondary N) is 1. The van der Waals surface area contributed by atoms with Crippen LogP contribution in [-0.4, -0.2) is 13.6 Å². The van der Waals surface area contributed by atoms with E-state index in [1.54, 1.807) is 6.07 Å². The van der Waals surface area contributed by atoms with Crippen molar-refractivity contribution in [1.82, 2.24) is 5.32 Å². The molecule has 12 heavy (non-hydrogen) atoms. The molecule has 1 atom stereocenters. The van der Waals surface area contributed by atoms with Crippen LogP contribution < -0.4 is 5.32 Å². The maximum atomic E-state index is 13.1. The summed E-state index contributed by atoms with van der Waals surface area (Å²) in [5.41, 5.74) is 0.784. The summed E-state index contributed by atoms with van der Waals surface area (Å²) in [5.74, 6) is 0.122. The molecule has 0 heterocycles. The average Bonchev–Trinajstić information content (AvgIpc) is 2.05. The molecular weight excluding hydrogens is 153 g/mol. The molecule has 1 N–H and O–H groups in total. The van der Waals surface area contributed by atoms with Gasteiger partial charge >= 0.3 is 0 Å². The van der Waals surface area contributed by atoms with Crippen LogP contribution in [0.5, 0.6) is 0 Å². The zero-order valence-electron chi connectivity index (χ0n) is 7.47. The van der Waals surface area contributed by atoms with Gasteiger partial charge in [-0.15, -0.1) is 0 Å². The molecule has 1 rings (SSSR count). The van der Waals surface area contributed by atoms with Gasteiger partial charge in [-0.2, -0.15) is 0 Å². The van der Waals surface area contributed by atoms with E-state index in [1.165, 1.54) is 6.07 Å². The summed E-state index contributed by atoms with van der Waals surface area (Å²) in [7, 11) is 1.87. The predicted octanol–water partition coefficient (Wildman–Crippen LogP) is 2.15. The third-order valence-electron chi connectivity index (χ3n) is 1.95. The Hall–Kier alpha value is -0.890. The Kier molecular flexibility index (Phi) is 3.23. The number of hydrogen-bond donors (Lipinski definition) is 1. The van der Waals surface area contributed by atoms with Crippen molar-refractivity contribution >= 4 is 0 Å². The second kappa shape index (κ2) is 4.21. The zero-order valence-corrected chi connectivity index (χ0v) is 7.47. The molecule has 1 nitrogen and oxygen atoms in total. The molecule has 0 aliphatic rings. The first-order valence-electron chi connectivity index (χ1n) is 4.14. The van der Waals surface area contributed by atoms with Gasteiger partial charge in [0.25, 0.3) is 0 Å². The van der Waals surface area contributed by atoms with Gasteiger partial charge in [0.15, 0.2) is 0 Å². The van der Waals surface area contributed by atoms with Crippen LogP contribution >= 0.6 is 0 Å². The van der Waals surface area contributed by atoms with Gasteiger partial charge in [-0.25, -0.2) is 4.39 Å². The second-order valence-corrected chi connectivity index (χ2v) is 2.98. The minimum atomic E-state index is -0.111. The normalized spacial score (nSPS) is 12.9. The minimum Gasteiger partial charge on any atom is -0.319 e. The van der Waals surface area contributed by atoms with Gasteiger partial charge in [0.1, 0.15) is 5.82 Å². The lowest BCUT2D eigenvalue weighted by Crippen LogP contribution is -2.15. The third-order valence-corrected chi connectivity index (χ3v) is 1.95. The molecule has 0 aliphatic heterocycles. The highest BCUT2D eigenvalue weighted by atomic mass is 19.1. The lowest BCUT2D eigenvalue weighted by atomic mass is 10.0. The predicted molar refractivity (Wildman–Crippen MR) is 48.7 cm³/mol. The lowest BCUT2D eigenvalue weighted by molar-refractivity contribution is 0.577. The quantitative estimate of drug-likeness (QED) is 0.727. The molecular formula is C10H14FN. The van der Waals surface area contributed by atoms with E-state index in [2.05, 4.69) is 5.32 Å². The fraction of sp³-hybridized carbons (Fsp3) is 0.400. The molecule has 0 aliphatic carbocycles. The highest BCUT2D eigenvalue weighted by Gasteiger charge is 2.07. The molecule has 2 heteroatoms. The van der Waals surface area contributed by atoms with Crippen LogP contribution in [-0.2, 0) is 0 Å².